The SMILES string of the molecule is CC(C)CNCC(=O)c1ccc(F)c(F)c1. The fourth-order valence-corrected chi connectivity index (χ4v) is 1.25. The summed E-state index contributed by atoms with van der Waals surface area (Å²) in [6.07, 6.45) is 0. The first-order chi connectivity index (χ1) is 7.50. The van der Waals surface area contributed by atoms with Crippen LogP contribution in [-0.4, -0.2) is 18.9 Å². The molecule has 4 heteroatoms. The molecule has 1 rings (SSSR count). The van der Waals surface area contributed by atoms with Crippen LogP contribution in [0.4, 0.5) is 8.78 Å². The lowest BCUT2D eigenvalue weighted by Gasteiger charge is -2.06. The largest absolute Gasteiger partial charge is 0.309 e. The predicted octanol–water partition coefficient (Wildman–Crippen LogP) is 2.39. The summed E-state index contributed by atoms with van der Waals surface area (Å²) < 4.78 is 25.5. The minimum absolute atomic E-state index is 0.142. The van der Waals surface area contributed by atoms with Crippen LogP contribution in [-0.2, 0) is 0 Å². The lowest BCUT2D eigenvalue weighted by Crippen LogP contribution is -2.26. The lowest BCUT2D eigenvalue weighted by atomic mass is 10.1. The second-order valence-corrected chi connectivity index (χ2v) is 4.08. The van der Waals surface area contributed by atoms with Crippen LogP contribution in [0.1, 0.15) is 24.2 Å². The van der Waals surface area contributed by atoms with Gasteiger partial charge >= 0.3 is 0 Å². The molecule has 1 aromatic carbocycles. The highest BCUT2D eigenvalue weighted by molar-refractivity contribution is 5.97. The number of nitrogens with one attached hydrogen (secondary N) is 1. The number of halogens is 2. The molecule has 2 nitrogen and oxygen atoms in total. The molecule has 1 aromatic rings. The Morgan fingerprint density at radius 2 is 2.00 bits per heavy atom. The standard InChI is InChI=1S/C12H15F2NO/c1-8(2)6-15-7-12(16)9-3-4-10(13)11(14)5-9/h3-5,8,15H,6-7H2,1-2H3. The summed E-state index contributed by atoms with van der Waals surface area (Å²) in [6, 6.07) is 3.18. The lowest BCUT2D eigenvalue weighted by molar-refractivity contribution is 0.0990. The van der Waals surface area contributed by atoms with E-state index in [1.165, 1.54) is 6.07 Å². The quantitative estimate of drug-likeness (QED) is 0.782. The third kappa shape index (κ3) is 3.70. The summed E-state index contributed by atoms with van der Waals surface area (Å²) in [5.41, 5.74) is 0.190. The smallest absolute Gasteiger partial charge is 0.176 e. The van der Waals surface area contributed by atoms with Gasteiger partial charge in [0.2, 0.25) is 0 Å². The van der Waals surface area contributed by atoms with Crippen molar-refractivity contribution in [2.24, 2.45) is 5.92 Å². The van der Waals surface area contributed by atoms with E-state index in [0.717, 1.165) is 18.7 Å². The van der Waals surface area contributed by atoms with Crippen molar-refractivity contribution in [3.63, 3.8) is 0 Å². The number of benzene rings is 1. The van der Waals surface area contributed by atoms with E-state index >= 15 is 0 Å². The Balaban J connectivity index is 2.56. The number of carbonyl (C=O) groups excluding carboxylic acids is 1. The van der Waals surface area contributed by atoms with Crippen LogP contribution >= 0.6 is 0 Å². The molecule has 0 unspecified atom stereocenters. The van der Waals surface area contributed by atoms with Crippen LogP contribution in [0.25, 0.3) is 0 Å². The number of Topliss-reactive ketones (excluding diaryl/α,β-unsaturated/α-hetero) is 1. The first-order valence-corrected chi connectivity index (χ1v) is 5.19. The molecule has 0 radical (unpaired) electrons. The van der Waals surface area contributed by atoms with Crippen LogP contribution in [0.15, 0.2) is 18.2 Å². The maximum absolute atomic E-state index is 12.8. The van der Waals surface area contributed by atoms with Crippen molar-refractivity contribution in [1.82, 2.24) is 5.32 Å². The fraction of sp³-hybridized carbons (Fsp3) is 0.417. The molecule has 0 saturated heterocycles. The average molecular weight is 227 g/mol. The number of carbonyl (C=O) groups is 1. The van der Waals surface area contributed by atoms with Gasteiger partial charge < -0.3 is 5.32 Å². The van der Waals surface area contributed by atoms with E-state index in [1.807, 2.05) is 13.8 Å². The van der Waals surface area contributed by atoms with Crippen LogP contribution in [0.5, 0.6) is 0 Å². The molecule has 0 spiro atoms. The summed E-state index contributed by atoms with van der Waals surface area (Å²) in [6.45, 7) is 4.91. The molecule has 0 heterocycles. The van der Waals surface area contributed by atoms with Crippen molar-refractivity contribution in [2.75, 3.05) is 13.1 Å². The van der Waals surface area contributed by atoms with Gasteiger partial charge in [-0.3, -0.25) is 4.79 Å². The second-order valence-electron chi connectivity index (χ2n) is 4.08. The van der Waals surface area contributed by atoms with Crippen LogP contribution < -0.4 is 5.32 Å². The summed E-state index contributed by atoms with van der Waals surface area (Å²) in [5, 5.41) is 2.95. The zero-order valence-electron chi connectivity index (χ0n) is 9.39. The van der Waals surface area contributed by atoms with Crippen molar-refractivity contribution in [1.29, 1.82) is 0 Å². The summed E-state index contributed by atoms with van der Waals surface area (Å²) >= 11 is 0. The Morgan fingerprint density at radius 1 is 1.31 bits per heavy atom. The molecule has 0 aliphatic carbocycles. The Bertz CT molecular complexity index is 377. The molecule has 88 valence electrons. The summed E-state index contributed by atoms with van der Waals surface area (Å²) in [7, 11) is 0. The normalized spacial score (nSPS) is 10.8. The van der Waals surface area contributed by atoms with Gasteiger partial charge in [-0.25, -0.2) is 8.78 Å². The van der Waals surface area contributed by atoms with Crippen molar-refractivity contribution in [3.8, 4) is 0 Å². The molecule has 1 N–H and O–H groups in total. The van der Waals surface area contributed by atoms with E-state index in [9.17, 15) is 13.6 Å². The maximum Gasteiger partial charge on any atom is 0.176 e. The molecule has 0 aromatic heterocycles. The van der Waals surface area contributed by atoms with Crippen LogP contribution in [0, 0.1) is 17.6 Å². The van der Waals surface area contributed by atoms with Crippen LogP contribution in [0.2, 0.25) is 0 Å². The summed E-state index contributed by atoms with van der Waals surface area (Å²) in [5.74, 6) is -1.72. The molecule has 0 bridgehead atoms. The molecule has 16 heavy (non-hydrogen) atoms. The van der Waals surface area contributed by atoms with Gasteiger partial charge in [0.15, 0.2) is 17.4 Å². The highest BCUT2D eigenvalue weighted by Crippen LogP contribution is 2.08. The number of hydrogen-bond donors (Lipinski definition) is 1. The van der Waals surface area contributed by atoms with E-state index in [-0.39, 0.29) is 17.9 Å². The Hall–Kier alpha value is -1.29. The number of hydrogen-bond acceptors (Lipinski definition) is 2. The van der Waals surface area contributed by atoms with Gasteiger partial charge in [0, 0.05) is 5.56 Å². The van der Waals surface area contributed by atoms with E-state index < -0.39 is 11.6 Å². The van der Waals surface area contributed by atoms with Gasteiger partial charge in [0.1, 0.15) is 0 Å². The molecule has 0 aliphatic rings. The highest BCUT2D eigenvalue weighted by Gasteiger charge is 2.09. The average Bonchev–Trinajstić information content (AvgIpc) is 2.21. The van der Waals surface area contributed by atoms with Gasteiger partial charge in [-0.1, -0.05) is 13.8 Å². The van der Waals surface area contributed by atoms with Gasteiger partial charge in [0.25, 0.3) is 0 Å². The Labute approximate surface area is 93.7 Å². The van der Waals surface area contributed by atoms with Crippen molar-refractivity contribution < 1.29 is 13.6 Å². The third-order valence-electron chi connectivity index (χ3n) is 2.08. The number of rotatable bonds is 5. The van der Waals surface area contributed by atoms with Crippen molar-refractivity contribution in [3.05, 3.63) is 35.4 Å². The number of ketones is 1. The zero-order valence-corrected chi connectivity index (χ0v) is 9.39. The van der Waals surface area contributed by atoms with Crippen LogP contribution in [0.3, 0.4) is 0 Å². The van der Waals surface area contributed by atoms with E-state index in [1.54, 1.807) is 0 Å². The maximum atomic E-state index is 12.8. The molecule has 0 atom stereocenters. The first-order valence-electron chi connectivity index (χ1n) is 5.19. The van der Waals surface area contributed by atoms with Gasteiger partial charge in [-0.2, -0.15) is 0 Å². The fourth-order valence-electron chi connectivity index (χ4n) is 1.25. The minimum atomic E-state index is -0.991. The monoisotopic (exact) mass is 227 g/mol. The van der Waals surface area contributed by atoms with E-state index in [0.29, 0.717) is 5.92 Å². The highest BCUT2D eigenvalue weighted by atomic mass is 19.2. The van der Waals surface area contributed by atoms with E-state index in [2.05, 4.69) is 5.32 Å². The minimum Gasteiger partial charge on any atom is -0.309 e. The molecular formula is C12H15F2NO. The third-order valence-corrected chi connectivity index (χ3v) is 2.08. The summed E-state index contributed by atoms with van der Waals surface area (Å²) in [4.78, 5) is 11.5. The Morgan fingerprint density at radius 3 is 2.56 bits per heavy atom. The molecule has 0 fully saturated rings. The first kappa shape index (κ1) is 12.8. The molecule has 0 aliphatic heterocycles. The van der Waals surface area contributed by atoms with Crippen molar-refractivity contribution in [2.45, 2.75) is 13.8 Å². The molecule has 0 saturated carbocycles. The van der Waals surface area contributed by atoms with E-state index in [4.69, 9.17) is 0 Å². The van der Waals surface area contributed by atoms with Gasteiger partial charge in [-0.05, 0) is 30.7 Å². The molecular weight excluding hydrogens is 212 g/mol. The second kappa shape index (κ2) is 5.70. The zero-order chi connectivity index (χ0) is 12.1. The topological polar surface area (TPSA) is 29.1 Å². The predicted molar refractivity (Wildman–Crippen MR) is 58.4 cm³/mol. The van der Waals surface area contributed by atoms with Gasteiger partial charge in [-0.15, -0.1) is 0 Å². The Kier molecular flexibility index (Phi) is 4.55. The molecule has 0 amide bonds. The van der Waals surface area contributed by atoms with Crippen molar-refractivity contribution >= 4 is 5.78 Å². The van der Waals surface area contributed by atoms with Gasteiger partial charge in [0.05, 0.1) is 6.54 Å².